The molecule has 4 rings (SSSR count). The van der Waals surface area contributed by atoms with Gasteiger partial charge in [0.1, 0.15) is 0 Å². The van der Waals surface area contributed by atoms with Crippen LogP contribution in [0.1, 0.15) is 37.9 Å². The average Bonchev–Trinajstić information content (AvgIpc) is 3.15. The molecule has 0 unspecified atom stereocenters. The molecule has 182 valence electrons. The summed E-state index contributed by atoms with van der Waals surface area (Å²) in [5, 5.41) is 0. The molecular formula is C26H25BrN2O5S. The van der Waals surface area contributed by atoms with Crippen LogP contribution in [0.15, 0.2) is 68.0 Å². The standard InChI is InChI=1S/C26H25BrN2O5S/c1-5-33-20-14-18(27)17(12-19(20)32-4)13-21-24(30)29-23(16-10-8-7-9-11-16)22(25(31)34-6-2)15(3)28-26(29)35-21/h7-14,23H,5-6H2,1-4H3/b21-13+/t23-/m1/s1. The lowest BCUT2D eigenvalue weighted by Gasteiger charge is -2.24. The predicted molar refractivity (Wildman–Crippen MR) is 139 cm³/mol. The van der Waals surface area contributed by atoms with E-state index in [1.165, 1.54) is 11.3 Å². The smallest absolute Gasteiger partial charge is 0.338 e. The number of hydrogen-bond acceptors (Lipinski definition) is 7. The zero-order valence-electron chi connectivity index (χ0n) is 19.8. The number of allylic oxidation sites excluding steroid dienone is 1. The minimum absolute atomic E-state index is 0.231. The number of nitrogens with zero attached hydrogens (tertiary/aromatic N) is 2. The number of esters is 1. The quantitative estimate of drug-likeness (QED) is 0.411. The average molecular weight is 557 g/mol. The van der Waals surface area contributed by atoms with E-state index in [0.717, 1.165) is 15.6 Å². The molecule has 2 heterocycles. The van der Waals surface area contributed by atoms with Gasteiger partial charge in [-0.15, -0.1) is 0 Å². The maximum absolute atomic E-state index is 13.7. The number of ether oxygens (including phenoxy) is 3. The van der Waals surface area contributed by atoms with Crippen molar-refractivity contribution in [2.75, 3.05) is 20.3 Å². The molecule has 1 aromatic heterocycles. The number of hydrogen-bond donors (Lipinski definition) is 0. The number of fused-ring (bicyclic) bond motifs is 1. The van der Waals surface area contributed by atoms with E-state index in [0.29, 0.717) is 38.7 Å². The van der Waals surface area contributed by atoms with Crippen molar-refractivity contribution >= 4 is 39.3 Å². The van der Waals surface area contributed by atoms with Crippen molar-refractivity contribution in [1.82, 2.24) is 4.57 Å². The van der Waals surface area contributed by atoms with Gasteiger partial charge in [0.2, 0.25) is 0 Å². The predicted octanol–water partition coefficient (Wildman–Crippen LogP) is 3.97. The van der Waals surface area contributed by atoms with E-state index in [9.17, 15) is 9.59 Å². The largest absolute Gasteiger partial charge is 0.493 e. The molecule has 0 aliphatic carbocycles. The summed E-state index contributed by atoms with van der Waals surface area (Å²) < 4.78 is 19.2. The molecule has 0 fully saturated rings. The monoisotopic (exact) mass is 556 g/mol. The summed E-state index contributed by atoms with van der Waals surface area (Å²) in [6.07, 6.45) is 1.79. The van der Waals surface area contributed by atoms with Crippen LogP contribution in [0.4, 0.5) is 0 Å². The van der Waals surface area contributed by atoms with Gasteiger partial charge in [0.25, 0.3) is 5.56 Å². The summed E-state index contributed by atoms with van der Waals surface area (Å²) in [5.41, 5.74) is 2.22. The number of methoxy groups -OCH3 is 1. The van der Waals surface area contributed by atoms with E-state index < -0.39 is 12.0 Å². The highest BCUT2D eigenvalue weighted by molar-refractivity contribution is 9.10. The fraction of sp³-hybridized carbons (Fsp3) is 0.269. The van der Waals surface area contributed by atoms with Gasteiger partial charge in [-0.1, -0.05) is 57.6 Å². The lowest BCUT2D eigenvalue weighted by Crippen LogP contribution is -2.39. The van der Waals surface area contributed by atoms with Crippen molar-refractivity contribution in [1.29, 1.82) is 0 Å². The highest BCUT2D eigenvalue weighted by Crippen LogP contribution is 2.34. The highest BCUT2D eigenvalue weighted by Gasteiger charge is 2.33. The Morgan fingerprint density at radius 2 is 1.91 bits per heavy atom. The number of carbonyl (C=O) groups excluding carboxylic acids is 1. The minimum atomic E-state index is -0.632. The number of carbonyl (C=O) groups is 1. The normalized spacial score (nSPS) is 15.5. The van der Waals surface area contributed by atoms with Crippen molar-refractivity contribution in [2.45, 2.75) is 26.8 Å². The number of thiazole rings is 1. The summed E-state index contributed by atoms with van der Waals surface area (Å²) in [6, 6.07) is 12.5. The molecular weight excluding hydrogens is 532 g/mol. The van der Waals surface area contributed by atoms with Crippen LogP contribution < -0.4 is 24.4 Å². The zero-order chi connectivity index (χ0) is 25.1. The van der Waals surface area contributed by atoms with E-state index >= 15 is 0 Å². The van der Waals surface area contributed by atoms with E-state index in [1.807, 2.05) is 49.4 Å². The molecule has 0 amide bonds. The van der Waals surface area contributed by atoms with Crippen molar-refractivity contribution in [3.63, 3.8) is 0 Å². The second-order valence-electron chi connectivity index (χ2n) is 7.67. The van der Waals surface area contributed by atoms with E-state index in [2.05, 4.69) is 20.9 Å². The fourth-order valence-corrected chi connectivity index (χ4v) is 5.45. The second-order valence-corrected chi connectivity index (χ2v) is 9.53. The molecule has 2 aromatic carbocycles. The molecule has 0 radical (unpaired) electrons. The Balaban J connectivity index is 1.92. The van der Waals surface area contributed by atoms with Gasteiger partial charge in [-0.05, 0) is 50.1 Å². The summed E-state index contributed by atoms with van der Waals surface area (Å²) in [4.78, 5) is 31.8. The summed E-state index contributed by atoms with van der Waals surface area (Å²) in [6.45, 7) is 6.16. The Bertz CT molecular complexity index is 1470. The van der Waals surface area contributed by atoms with Gasteiger partial charge in [0.05, 0.1) is 42.2 Å². The lowest BCUT2D eigenvalue weighted by atomic mass is 9.96. The van der Waals surface area contributed by atoms with Crippen LogP contribution in [0.5, 0.6) is 11.5 Å². The highest BCUT2D eigenvalue weighted by atomic mass is 79.9. The summed E-state index contributed by atoms with van der Waals surface area (Å²) in [5.74, 6) is 0.701. The molecule has 1 aliphatic rings. The first kappa shape index (κ1) is 24.9. The van der Waals surface area contributed by atoms with E-state index in [1.54, 1.807) is 31.6 Å². The van der Waals surface area contributed by atoms with Gasteiger partial charge in [-0.2, -0.15) is 0 Å². The SMILES string of the molecule is CCOC(=O)C1=C(C)N=c2s/c(=C/c3cc(OC)c(OCC)cc3Br)c(=O)n2[C@@H]1c1ccccc1. The molecule has 0 bridgehead atoms. The van der Waals surface area contributed by atoms with Gasteiger partial charge in [0, 0.05) is 4.47 Å². The molecule has 0 saturated carbocycles. The Kier molecular flexibility index (Phi) is 7.57. The Hall–Kier alpha value is -3.17. The van der Waals surface area contributed by atoms with Crippen LogP contribution in [-0.4, -0.2) is 30.9 Å². The maximum atomic E-state index is 13.7. The third-order valence-electron chi connectivity index (χ3n) is 5.50. The van der Waals surface area contributed by atoms with Crippen LogP contribution in [0.2, 0.25) is 0 Å². The molecule has 0 spiro atoms. The molecule has 3 aromatic rings. The first-order valence-electron chi connectivity index (χ1n) is 11.1. The summed E-state index contributed by atoms with van der Waals surface area (Å²) in [7, 11) is 1.57. The molecule has 7 nitrogen and oxygen atoms in total. The van der Waals surface area contributed by atoms with Crippen LogP contribution in [0, 0.1) is 0 Å². The van der Waals surface area contributed by atoms with Gasteiger partial charge < -0.3 is 14.2 Å². The molecule has 1 aliphatic heterocycles. The maximum Gasteiger partial charge on any atom is 0.338 e. The Morgan fingerprint density at radius 1 is 1.17 bits per heavy atom. The third kappa shape index (κ3) is 4.83. The van der Waals surface area contributed by atoms with Gasteiger partial charge in [0.15, 0.2) is 16.3 Å². The fourth-order valence-electron chi connectivity index (χ4n) is 3.97. The van der Waals surface area contributed by atoms with E-state index in [-0.39, 0.29) is 12.2 Å². The molecule has 1 atom stereocenters. The zero-order valence-corrected chi connectivity index (χ0v) is 22.2. The van der Waals surface area contributed by atoms with Crippen molar-refractivity contribution < 1.29 is 19.0 Å². The van der Waals surface area contributed by atoms with Crippen molar-refractivity contribution in [3.05, 3.63) is 89.0 Å². The first-order valence-corrected chi connectivity index (χ1v) is 12.7. The number of rotatable bonds is 7. The van der Waals surface area contributed by atoms with Crippen LogP contribution in [0.3, 0.4) is 0 Å². The first-order chi connectivity index (χ1) is 16.9. The van der Waals surface area contributed by atoms with Crippen molar-refractivity contribution in [3.8, 4) is 11.5 Å². The molecule has 35 heavy (non-hydrogen) atoms. The third-order valence-corrected chi connectivity index (χ3v) is 7.17. The second kappa shape index (κ2) is 10.6. The minimum Gasteiger partial charge on any atom is -0.493 e. The Labute approximate surface area is 215 Å². The van der Waals surface area contributed by atoms with Gasteiger partial charge in [-0.25, -0.2) is 9.79 Å². The number of halogens is 1. The van der Waals surface area contributed by atoms with Crippen molar-refractivity contribution in [2.24, 2.45) is 4.99 Å². The van der Waals surface area contributed by atoms with Crippen LogP contribution >= 0.6 is 27.3 Å². The number of benzene rings is 2. The lowest BCUT2D eigenvalue weighted by molar-refractivity contribution is -0.139. The molecule has 9 heteroatoms. The number of aromatic nitrogens is 1. The topological polar surface area (TPSA) is 79.1 Å². The van der Waals surface area contributed by atoms with Gasteiger partial charge >= 0.3 is 5.97 Å². The molecule has 0 saturated heterocycles. The van der Waals surface area contributed by atoms with Crippen LogP contribution in [-0.2, 0) is 9.53 Å². The summed E-state index contributed by atoms with van der Waals surface area (Å²) >= 11 is 4.85. The molecule has 0 N–H and O–H groups in total. The Morgan fingerprint density at radius 3 is 2.57 bits per heavy atom. The van der Waals surface area contributed by atoms with Crippen LogP contribution in [0.25, 0.3) is 6.08 Å². The van der Waals surface area contributed by atoms with E-state index in [4.69, 9.17) is 14.2 Å². The van der Waals surface area contributed by atoms with Gasteiger partial charge in [-0.3, -0.25) is 9.36 Å².